The average molecular weight is 195 g/mol. The van der Waals surface area contributed by atoms with Crippen molar-refractivity contribution in [1.82, 2.24) is 0 Å². The summed E-state index contributed by atoms with van der Waals surface area (Å²) in [6.45, 7) is 2.88. The van der Waals surface area contributed by atoms with Crippen molar-refractivity contribution in [2.75, 3.05) is 6.54 Å². The van der Waals surface area contributed by atoms with Crippen LogP contribution in [0, 0.1) is 18.3 Å². The van der Waals surface area contributed by atoms with Crippen molar-refractivity contribution in [3.63, 3.8) is 0 Å². The lowest BCUT2D eigenvalue weighted by atomic mass is 9.93. The molecule has 0 saturated carbocycles. The number of rotatable bonds is 8. The third kappa shape index (κ3) is 6.68. The second kappa shape index (κ2) is 8.77. The van der Waals surface area contributed by atoms with Crippen molar-refractivity contribution in [2.24, 2.45) is 11.7 Å². The molecule has 0 aromatic carbocycles. The molecule has 0 aliphatic heterocycles. The summed E-state index contributed by atoms with van der Waals surface area (Å²) in [5, 5.41) is 0. The zero-order chi connectivity index (χ0) is 10.8. The highest BCUT2D eigenvalue weighted by molar-refractivity contribution is 5.80. The Hall–Kier alpha value is -0.810. The minimum atomic E-state index is 0.186. The van der Waals surface area contributed by atoms with Crippen LogP contribution in [0.15, 0.2) is 0 Å². The first-order valence-corrected chi connectivity index (χ1v) is 5.39. The van der Waals surface area contributed by atoms with Crippen LogP contribution < -0.4 is 5.73 Å². The minimum absolute atomic E-state index is 0.186. The quantitative estimate of drug-likeness (QED) is 0.603. The molecule has 0 saturated heterocycles. The van der Waals surface area contributed by atoms with Crippen LogP contribution >= 0.6 is 0 Å². The minimum Gasteiger partial charge on any atom is -0.330 e. The van der Waals surface area contributed by atoms with E-state index in [1.54, 1.807) is 0 Å². The van der Waals surface area contributed by atoms with Crippen molar-refractivity contribution < 1.29 is 4.79 Å². The maximum atomic E-state index is 11.2. The molecule has 2 heteroatoms. The first-order valence-electron chi connectivity index (χ1n) is 5.39. The summed E-state index contributed by atoms with van der Waals surface area (Å²) < 4.78 is 0. The monoisotopic (exact) mass is 195 g/mol. The molecule has 1 unspecified atom stereocenters. The van der Waals surface area contributed by atoms with E-state index in [0.717, 1.165) is 19.3 Å². The molecule has 2 N–H and O–H groups in total. The lowest BCUT2D eigenvalue weighted by Crippen LogP contribution is -2.10. The summed E-state index contributed by atoms with van der Waals surface area (Å²) in [5.41, 5.74) is 5.51. The van der Waals surface area contributed by atoms with Crippen LogP contribution in [0.3, 0.4) is 0 Å². The third-order valence-corrected chi connectivity index (χ3v) is 2.40. The van der Waals surface area contributed by atoms with Crippen LogP contribution in [0.4, 0.5) is 0 Å². The molecule has 0 heterocycles. The molecule has 0 aliphatic carbocycles. The first kappa shape index (κ1) is 13.2. The molecule has 2 nitrogen and oxygen atoms in total. The molecule has 0 aromatic heterocycles. The van der Waals surface area contributed by atoms with Crippen LogP contribution in [0.1, 0.15) is 45.4 Å². The van der Waals surface area contributed by atoms with Gasteiger partial charge in [0.15, 0.2) is 0 Å². The zero-order valence-electron chi connectivity index (χ0n) is 9.09. The van der Waals surface area contributed by atoms with Crippen LogP contribution in [-0.2, 0) is 4.79 Å². The highest BCUT2D eigenvalue weighted by atomic mass is 16.1. The first-order chi connectivity index (χ1) is 6.74. The molecule has 80 valence electrons. The Morgan fingerprint density at radius 1 is 1.43 bits per heavy atom. The summed E-state index contributed by atoms with van der Waals surface area (Å²) >= 11 is 0. The lowest BCUT2D eigenvalue weighted by molar-refractivity contribution is -0.118. The number of carbonyl (C=O) groups excluding carboxylic acids is 1. The standard InChI is InChI=1S/C12H21NO/c1-3-5-11(9-10-13)7-8-12(14)6-4-2/h2,11H,3,5-10,13H2,1H3. The third-order valence-electron chi connectivity index (χ3n) is 2.40. The van der Waals surface area contributed by atoms with E-state index in [2.05, 4.69) is 12.8 Å². The summed E-state index contributed by atoms with van der Waals surface area (Å²) in [6, 6.07) is 0. The predicted octanol–water partition coefficient (Wildman–Crippen LogP) is 2.12. The Labute approximate surface area is 87.3 Å². The summed E-state index contributed by atoms with van der Waals surface area (Å²) in [4.78, 5) is 11.2. The molecule has 0 rings (SSSR count). The maximum absolute atomic E-state index is 11.2. The second-order valence-corrected chi connectivity index (χ2v) is 3.69. The molecule has 0 radical (unpaired) electrons. The Morgan fingerprint density at radius 3 is 2.64 bits per heavy atom. The van der Waals surface area contributed by atoms with Gasteiger partial charge in [-0.1, -0.05) is 25.7 Å². The van der Waals surface area contributed by atoms with Gasteiger partial charge < -0.3 is 5.73 Å². The van der Waals surface area contributed by atoms with Crippen LogP contribution in [-0.4, -0.2) is 12.3 Å². The second-order valence-electron chi connectivity index (χ2n) is 3.69. The molecule has 0 fully saturated rings. The van der Waals surface area contributed by atoms with E-state index in [-0.39, 0.29) is 12.2 Å². The summed E-state index contributed by atoms with van der Waals surface area (Å²) in [7, 11) is 0. The van der Waals surface area contributed by atoms with E-state index < -0.39 is 0 Å². The number of ketones is 1. The Kier molecular flexibility index (Phi) is 8.27. The van der Waals surface area contributed by atoms with E-state index in [9.17, 15) is 4.79 Å². The number of hydrogen-bond acceptors (Lipinski definition) is 2. The summed E-state index contributed by atoms with van der Waals surface area (Å²) in [5.74, 6) is 3.17. The Bertz CT molecular complexity index is 187. The molecule has 1 atom stereocenters. The van der Waals surface area contributed by atoms with E-state index in [0.29, 0.717) is 18.9 Å². The van der Waals surface area contributed by atoms with Gasteiger partial charge in [0.1, 0.15) is 5.78 Å². The topological polar surface area (TPSA) is 43.1 Å². The van der Waals surface area contributed by atoms with Crippen molar-refractivity contribution >= 4 is 5.78 Å². The Balaban J connectivity index is 3.69. The fraction of sp³-hybridized carbons (Fsp3) is 0.750. The van der Waals surface area contributed by atoms with Crippen LogP contribution in [0.2, 0.25) is 0 Å². The van der Waals surface area contributed by atoms with Crippen molar-refractivity contribution in [2.45, 2.75) is 45.4 Å². The molecular weight excluding hydrogens is 174 g/mol. The number of hydrogen-bond donors (Lipinski definition) is 1. The van der Waals surface area contributed by atoms with Crippen molar-refractivity contribution in [1.29, 1.82) is 0 Å². The largest absolute Gasteiger partial charge is 0.330 e. The number of carbonyl (C=O) groups is 1. The zero-order valence-corrected chi connectivity index (χ0v) is 9.09. The molecule has 0 spiro atoms. The van der Waals surface area contributed by atoms with E-state index in [1.165, 1.54) is 6.42 Å². The van der Waals surface area contributed by atoms with Gasteiger partial charge in [-0.05, 0) is 25.3 Å². The predicted molar refractivity (Wildman–Crippen MR) is 59.8 cm³/mol. The van der Waals surface area contributed by atoms with Gasteiger partial charge in [-0.15, -0.1) is 6.42 Å². The molecular formula is C12H21NO. The average Bonchev–Trinajstić information content (AvgIpc) is 2.15. The van der Waals surface area contributed by atoms with Gasteiger partial charge in [-0.25, -0.2) is 0 Å². The highest BCUT2D eigenvalue weighted by Gasteiger charge is 2.09. The number of Topliss-reactive ketones (excluding diaryl/α,β-unsaturated/α-hetero) is 1. The van der Waals surface area contributed by atoms with Gasteiger partial charge in [0.05, 0.1) is 6.42 Å². The van der Waals surface area contributed by atoms with Crippen molar-refractivity contribution in [3.8, 4) is 12.3 Å². The number of nitrogens with two attached hydrogens (primary N) is 1. The molecule has 0 bridgehead atoms. The SMILES string of the molecule is C#CCC(=O)CCC(CCC)CCN. The van der Waals surface area contributed by atoms with Gasteiger partial charge >= 0.3 is 0 Å². The smallest absolute Gasteiger partial charge is 0.144 e. The Morgan fingerprint density at radius 2 is 2.14 bits per heavy atom. The number of terminal acetylenes is 1. The van der Waals surface area contributed by atoms with Crippen LogP contribution in [0.25, 0.3) is 0 Å². The van der Waals surface area contributed by atoms with E-state index >= 15 is 0 Å². The molecule has 0 amide bonds. The lowest BCUT2D eigenvalue weighted by Gasteiger charge is -2.13. The fourth-order valence-electron chi connectivity index (χ4n) is 1.64. The summed E-state index contributed by atoms with van der Waals surface area (Å²) in [6.07, 6.45) is 10.3. The van der Waals surface area contributed by atoms with Gasteiger partial charge in [-0.3, -0.25) is 4.79 Å². The van der Waals surface area contributed by atoms with E-state index in [1.807, 2.05) is 0 Å². The highest BCUT2D eigenvalue weighted by Crippen LogP contribution is 2.17. The van der Waals surface area contributed by atoms with Gasteiger partial charge in [0.25, 0.3) is 0 Å². The van der Waals surface area contributed by atoms with Crippen molar-refractivity contribution in [3.05, 3.63) is 0 Å². The maximum Gasteiger partial charge on any atom is 0.144 e. The molecule has 0 aliphatic rings. The molecule has 0 aromatic rings. The van der Waals surface area contributed by atoms with Gasteiger partial charge in [0, 0.05) is 6.42 Å². The van der Waals surface area contributed by atoms with Gasteiger partial charge in [-0.2, -0.15) is 0 Å². The van der Waals surface area contributed by atoms with E-state index in [4.69, 9.17) is 12.2 Å². The van der Waals surface area contributed by atoms with Crippen LogP contribution in [0.5, 0.6) is 0 Å². The normalized spacial score (nSPS) is 12.1. The van der Waals surface area contributed by atoms with Gasteiger partial charge in [0.2, 0.25) is 0 Å². The molecule has 14 heavy (non-hydrogen) atoms. The fourth-order valence-corrected chi connectivity index (χ4v) is 1.64.